The van der Waals surface area contributed by atoms with Gasteiger partial charge in [0.1, 0.15) is 5.75 Å². The van der Waals surface area contributed by atoms with Crippen LogP contribution in [0.5, 0.6) is 5.75 Å². The Hall–Kier alpha value is -1.51. The quantitative estimate of drug-likeness (QED) is 0.887. The normalized spacial score (nSPS) is 12.3. The van der Waals surface area contributed by atoms with Gasteiger partial charge in [-0.15, -0.1) is 0 Å². The molecule has 112 valence electrons. The fourth-order valence-electron chi connectivity index (χ4n) is 2.24. The number of rotatable bonds is 5. The maximum absolute atomic E-state index is 11.3. The van der Waals surface area contributed by atoms with E-state index >= 15 is 0 Å². The summed E-state index contributed by atoms with van der Waals surface area (Å²) in [6.07, 6.45) is 1.42. The summed E-state index contributed by atoms with van der Waals surface area (Å²) in [7, 11) is 1.62. The minimum Gasteiger partial charge on any atom is -0.496 e. The third-order valence-corrected chi connectivity index (χ3v) is 3.29. The lowest BCUT2D eigenvalue weighted by atomic mass is 9.83. The Balaban J connectivity index is 3.09. The molecule has 0 fully saturated rings. The summed E-state index contributed by atoms with van der Waals surface area (Å²) in [4.78, 5) is 11.3. The summed E-state index contributed by atoms with van der Waals surface area (Å²) in [6, 6.07) is 6.07. The second-order valence-corrected chi connectivity index (χ2v) is 7.25. The molecule has 0 amide bonds. The van der Waals surface area contributed by atoms with Crippen LogP contribution in [0.15, 0.2) is 18.2 Å². The van der Waals surface area contributed by atoms with E-state index in [4.69, 9.17) is 4.74 Å². The molecule has 1 aromatic carbocycles. The maximum atomic E-state index is 11.3. The number of carboxylic acids is 1. The van der Waals surface area contributed by atoms with E-state index in [0.29, 0.717) is 6.42 Å². The third-order valence-electron chi connectivity index (χ3n) is 3.29. The molecule has 0 atom stereocenters. The molecular weight excluding hydrogens is 252 g/mol. The molecule has 0 saturated heterocycles. The molecule has 1 rings (SSSR count). The minimum atomic E-state index is -0.798. The minimum absolute atomic E-state index is 0.203. The van der Waals surface area contributed by atoms with Gasteiger partial charge in [-0.25, -0.2) is 0 Å². The fraction of sp³-hybridized carbons (Fsp3) is 0.588. The molecule has 0 saturated carbocycles. The zero-order valence-electron chi connectivity index (χ0n) is 13.4. The van der Waals surface area contributed by atoms with Gasteiger partial charge in [-0.2, -0.15) is 0 Å². The van der Waals surface area contributed by atoms with Crippen molar-refractivity contribution in [2.45, 2.75) is 47.5 Å². The largest absolute Gasteiger partial charge is 0.496 e. The number of ether oxygens (including phenoxy) is 1. The highest BCUT2D eigenvalue weighted by atomic mass is 16.5. The van der Waals surface area contributed by atoms with Crippen molar-refractivity contribution in [2.75, 3.05) is 7.11 Å². The van der Waals surface area contributed by atoms with Gasteiger partial charge in [-0.1, -0.05) is 32.9 Å². The molecule has 1 N–H and O–H groups in total. The van der Waals surface area contributed by atoms with Crippen LogP contribution >= 0.6 is 0 Å². The molecule has 0 aliphatic heterocycles. The van der Waals surface area contributed by atoms with Crippen LogP contribution in [0.1, 0.15) is 45.7 Å². The topological polar surface area (TPSA) is 46.5 Å². The highest BCUT2D eigenvalue weighted by Gasteiger charge is 2.29. The second-order valence-electron chi connectivity index (χ2n) is 7.25. The SMILES string of the molecule is COc1ccc(CC(C)(C)C)cc1CC(C)(C)C(=O)O. The van der Waals surface area contributed by atoms with Gasteiger partial charge in [0, 0.05) is 0 Å². The summed E-state index contributed by atoms with van der Waals surface area (Å²) < 4.78 is 5.36. The number of carbonyl (C=O) groups is 1. The number of benzene rings is 1. The predicted octanol–water partition coefficient (Wildman–Crippen LogP) is 3.94. The molecule has 0 aromatic heterocycles. The molecule has 20 heavy (non-hydrogen) atoms. The first-order chi connectivity index (χ1) is 9.05. The molecular formula is C17H26O3. The lowest BCUT2D eigenvalue weighted by molar-refractivity contribution is -0.146. The van der Waals surface area contributed by atoms with Crippen LogP contribution in [0.3, 0.4) is 0 Å². The Morgan fingerprint density at radius 2 is 1.75 bits per heavy atom. The van der Waals surface area contributed by atoms with Crippen molar-refractivity contribution < 1.29 is 14.6 Å². The Labute approximate surface area is 122 Å². The summed E-state index contributed by atoms with van der Waals surface area (Å²) in [5.41, 5.74) is 1.58. The molecule has 0 aliphatic carbocycles. The van der Waals surface area contributed by atoms with E-state index < -0.39 is 11.4 Å². The van der Waals surface area contributed by atoms with Gasteiger partial charge in [-0.3, -0.25) is 4.79 Å². The lowest BCUT2D eigenvalue weighted by Crippen LogP contribution is -2.26. The van der Waals surface area contributed by atoms with E-state index in [0.717, 1.165) is 17.7 Å². The first kappa shape index (κ1) is 16.5. The van der Waals surface area contributed by atoms with Crippen LogP contribution in [0.2, 0.25) is 0 Å². The average molecular weight is 278 g/mol. The first-order valence-corrected chi connectivity index (χ1v) is 6.94. The smallest absolute Gasteiger partial charge is 0.309 e. The zero-order chi connectivity index (χ0) is 15.6. The van der Waals surface area contributed by atoms with Crippen LogP contribution < -0.4 is 4.74 Å². The van der Waals surface area contributed by atoms with Crippen LogP contribution in [-0.4, -0.2) is 18.2 Å². The van der Waals surface area contributed by atoms with E-state index in [1.165, 1.54) is 5.56 Å². The molecule has 0 spiro atoms. The number of methoxy groups -OCH3 is 1. The van der Waals surface area contributed by atoms with Gasteiger partial charge in [0.25, 0.3) is 0 Å². The van der Waals surface area contributed by atoms with E-state index in [-0.39, 0.29) is 5.41 Å². The fourth-order valence-corrected chi connectivity index (χ4v) is 2.24. The molecule has 0 aliphatic rings. The van der Waals surface area contributed by atoms with Crippen LogP contribution in [-0.2, 0) is 17.6 Å². The van der Waals surface area contributed by atoms with E-state index in [1.807, 2.05) is 6.07 Å². The highest BCUT2D eigenvalue weighted by molar-refractivity contribution is 5.74. The van der Waals surface area contributed by atoms with Gasteiger partial charge in [0.2, 0.25) is 0 Å². The summed E-state index contributed by atoms with van der Waals surface area (Å²) in [5, 5.41) is 9.28. The Bertz CT molecular complexity index is 481. The van der Waals surface area contributed by atoms with Crippen molar-refractivity contribution in [3.63, 3.8) is 0 Å². The van der Waals surface area contributed by atoms with Crippen molar-refractivity contribution >= 4 is 5.97 Å². The van der Waals surface area contributed by atoms with Crippen LogP contribution in [0, 0.1) is 10.8 Å². The van der Waals surface area contributed by atoms with Crippen molar-refractivity contribution in [3.05, 3.63) is 29.3 Å². The number of hydrogen-bond donors (Lipinski definition) is 1. The standard InChI is InChI=1S/C17H26O3/c1-16(2,3)10-12-7-8-14(20-6)13(9-12)11-17(4,5)15(18)19/h7-9H,10-11H2,1-6H3,(H,18,19). The summed E-state index contributed by atoms with van der Waals surface area (Å²) in [6.45, 7) is 10.1. The van der Waals surface area contributed by atoms with Gasteiger partial charge < -0.3 is 9.84 Å². The van der Waals surface area contributed by atoms with Gasteiger partial charge in [-0.05, 0) is 49.3 Å². The van der Waals surface area contributed by atoms with E-state index in [2.05, 4.69) is 32.9 Å². The summed E-state index contributed by atoms with van der Waals surface area (Å²) >= 11 is 0. The Morgan fingerprint density at radius 1 is 1.15 bits per heavy atom. The van der Waals surface area contributed by atoms with Gasteiger partial charge in [0.05, 0.1) is 12.5 Å². The van der Waals surface area contributed by atoms with Crippen LogP contribution in [0.25, 0.3) is 0 Å². The number of aliphatic carboxylic acids is 1. The van der Waals surface area contributed by atoms with Crippen molar-refractivity contribution in [2.24, 2.45) is 10.8 Å². The van der Waals surface area contributed by atoms with E-state index in [1.54, 1.807) is 21.0 Å². The van der Waals surface area contributed by atoms with Crippen molar-refractivity contribution in [1.82, 2.24) is 0 Å². The van der Waals surface area contributed by atoms with Crippen molar-refractivity contribution in [1.29, 1.82) is 0 Å². The van der Waals surface area contributed by atoms with Crippen LogP contribution in [0.4, 0.5) is 0 Å². The molecule has 3 nitrogen and oxygen atoms in total. The molecule has 0 radical (unpaired) electrons. The molecule has 3 heteroatoms. The number of hydrogen-bond acceptors (Lipinski definition) is 2. The monoisotopic (exact) mass is 278 g/mol. The summed E-state index contributed by atoms with van der Waals surface area (Å²) in [5.74, 6) is -0.0299. The highest BCUT2D eigenvalue weighted by Crippen LogP contribution is 2.31. The lowest BCUT2D eigenvalue weighted by Gasteiger charge is -2.23. The van der Waals surface area contributed by atoms with Gasteiger partial charge in [0.15, 0.2) is 0 Å². The predicted molar refractivity (Wildman–Crippen MR) is 81.3 cm³/mol. The number of carboxylic acid groups (broad SMARTS) is 1. The average Bonchev–Trinajstić information content (AvgIpc) is 2.26. The molecule has 0 bridgehead atoms. The van der Waals surface area contributed by atoms with Crippen molar-refractivity contribution in [3.8, 4) is 5.75 Å². The third kappa shape index (κ3) is 4.55. The first-order valence-electron chi connectivity index (χ1n) is 6.94. The maximum Gasteiger partial charge on any atom is 0.309 e. The second kappa shape index (κ2) is 5.86. The van der Waals surface area contributed by atoms with Gasteiger partial charge >= 0.3 is 5.97 Å². The molecule has 0 unspecified atom stereocenters. The van der Waals surface area contributed by atoms with E-state index in [9.17, 15) is 9.90 Å². The zero-order valence-corrected chi connectivity index (χ0v) is 13.4. The molecule has 1 aromatic rings. The Morgan fingerprint density at radius 3 is 2.20 bits per heavy atom. The Kier molecular flexibility index (Phi) is 4.85. The molecule has 0 heterocycles.